The van der Waals surface area contributed by atoms with Crippen LogP contribution in [-0.4, -0.2) is 29.0 Å². The lowest BCUT2D eigenvalue weighted by Crippen LogP contribution is -2.31. The number of amides is 1. The van der Waals surface area contributed by atoms with Gasteiger partial charge in [-0.05, 0) is 48.9 Å². The number of carbonyl (C=O) groups is 1. The Morgan fingerprint density at radius 1 is 0.968 bits per heavy atom. The topological polar surface area (TPSA) is 99.0 Å². The summed E-state index contributed by atoms with van der Waals surface area (Å²) < 4.78 is 5.51. The van der Waals surface area contributed by atoms with E-state index in [1.54, 1.807) is 32.2 Å². The van der Waals surface area contributed by atoms with E-state index in [-0.39, 0.29) is 11.6 Å². The fourth-order valence-corrected chi connectivity index (χ4v) is 3.50. The Morgan fingerprint density at radius 2 is 1.71 bits per heavy atom. The molecule has 4 N–H and O–H groups in total. The van der Waals surface area contributed by atoms with Crippen LogP contribution in [-0.2, 0) is 11.2 Å². The Morgan fingerprint density at radius 3 is 2.48 bits per heavy atom. The molecule has 0 aliphatic heterocycles. The van der Waals surface area contributed by atoms with Crippen LogP contribution in [0.2, 0.25) is 0 Å². The molecule has 0 saturated carbocycles. The molecule has 0 aliphatic rings. The van der Waals surface area contributed by atoms with Crippen molar-refractivity contribution in [3.8, 4) is 5.75 Å². The summed E-state index contributed by atoms with van der Waals surface area (Å²) in [7, 11) is 1.65. The van der Waals surface area contributed by atoms with Gasteiger partial charge in [-0.1, -0.05) is 30.3 Å². The highest BCUT2D eigenvalue weighted by molar-refractivity contribution is 5.97. The first kappa shape index (κ1) is 20.3. The number of nitrogens with one attached hydrogen (secondary N) is 4. The zero-order chi connectivity index (χ0) is 21.8. The minimum atomic E-state index is -0.473. The van der Waals surface area contributed by atoms with Crippen LogP contribution in [0.1, 0.15) is 18.1 Å². The Bertz CT molecular complexity index is 1260. The van der Waals surface area contributed by atoms with Gasteiger partial charge in [0.25, 0.3) is 0 Å². The van der Waals surface area contributed by atoms with Crippen LogP contribution in [0.4, 0.5) is 11.4 Å². The van der Waals surface area contributed by atoms with Crippen molar-refractivity contribution in [2.75, 3.05) is 17.7 Å². The number of rotatable bonds is 7. The van der Waals surface area contributed by atoms with Crippen molar-refractivity contribution >= 4 is 28.3 Å². The number of anilines is 2. The molecule has 7 nitrogen and oxygen atoms in total. The van der Waals surface area contributed by atoms with Gasteiger partial charge in [0, 0.05) is 23.4 Å². The first-order valence-electron chi connectivity index (χ1n) is 10.0. The monoisotopic (exact) mass is 416 g/mol. The summed E-state index contributed by atoms with van der Waals surface area (Å²) in [5.74, 6) is 0.623. The first-order chi connectivity index (χ1) is 15.0. The van der Waals surface area contributed by atoms with Crippen LogP contribution in [0.15, 0.2) is 71.5 Å². The summed E-state index contributed by atoms with van der Waals surface area (Å²) in [6.45, 7) is 1.80. The number of benzene rings is 3. The maximum Gasteiger partial charge on any atom is 0.323 e. The molecular weight excluding hydrogens is 392 g/mol. The van der Waals surface area contributed by atoms with Crippen LogP contribution in [0.3, 0.4) is 0 Å². The van der Waals surface area contributed by atoms with E-state index in [0.717, 1.165) is 23.4 Å². The second-order valence-electron chi connectivity index (χ2n) is 7.38. The Kier molecular flexibility index (Phi) is 5.75. The van der Waals surface area contributed by atoms with Crippen LogP contribution in [0.25, 0.3) is 11.0 Å². The standard InChI is InChI=1S/C24H24N4O3/c1-15(23(29)26-19-8-10-20-21(14-19)28-24(30)27-20)25-18-9-11-22(31-2)17(13-18)12-16-6-4-3-5-7-16/h3-11,13-15,25H,12H2,1-2H3,(H,26,29)(H2,27,28,30). The number of hydrogen-bond acceptors (Lipinski definition) is 4. The van der Waals surface area contributed by atoms with E-state index < -0.39 is 6.04 Å². The number of H-pyrrole nitrogens is 2. The van der Waals surface area contributed by atoms with Gasteiger partial charge >= 0.3 is 5.69 Å². The molecular formula is C24H24N4O3. The first-order valence-corrected chi connectivity index (χ1v) is 10.0. The predicted octanol–water partition coefficient (Wildman–Crippen LogP) is 3.89. The lowest BCUT2D eigenvalue weighted by atomic mass is 10.0. The zero-order valence-electron chi connectivity index (χ0n) is 17.4. The molecule has 0 radical (unpaired) electrons. The predicted molar refractivity (Wildman–Crippen MR) is 123 cm³/mol. The van der Waals surface area contributed by atoms with E-state index in [1.165, 1.54) is 5.56 Å². The number of aromatic nitrogens is 2. The van der Waals surface area contributed by atoms with Crippen molar-refractivity contribution in [1.29, 1.82) is 0 Å². The van der Waals surface area contributed by atoms with E-state index in [4.69, 9.17) is 4.74 Å². The molecule has 0 saturated heterocycles. The number of aromatic amines is 2. The van der Waals surface area contributed by atoms with Crippen molar-refractivity contribution in [3.63, 3.8) is 0 Å². The lowest BCUT2D eigenvalue weighted by Gasteiger charge is -2.17. The highest BCUT2D eigenvalue weighted by atomic mass is 16.5. The number of imidazole rings is 1. The van der Waals surface area contributed by atoms with Gasteiger partial charge in [-0.15, -0.1) is 0 Å². The van der Waals surface area contributed by atoms with E-state index in [1.807, 2.05) is 36.4 Å². The summed E-state index contributed by atoms with van der Waals surface area (Å²) in [5, 5.41) is 6.13. The van der Waals surface area contributed by atoms with Crippen LogP contribution < -0.4 is 21.1 Å². The van der Waals surface area contributed by atoms with Gasteiger partial charge in [-0.25, -0.2) is 4.79 Å². The van der Waals surface area contributed by atoms with Gasteiger partial charge in [-0.2, -0.15) is 0 Å². The van der Waals surface area contributed by atoms with Crippen LogP contribution in [0, 0.1) is 0 Å². The average molecular weight is 416 g/mol. The normalized spacial score (nSPS) is 11.8. The largest absolute Gasteiger partial charge is 0.496 e. The van der Waals surface area contributed by atoms with Crippen molar-refractivity contribution in [3.05, 3.63) is 88.3 Å². The second-order valence-corrected chi connectivity index (χ2v) is 7.38. The molecule has 0 bridgehead atoms. The number of carbonyl (C=O) groups excluding carboxylic acids is 1. The SMILES string of the molecule is COc1ccc(NC(C)C(=O)Nc2ccc3[nH]c(=O)[nH]c3c2)cc1Cc1ccccc1. The minimum absolute atomic E-state index is 0.183. The fraction of sp³-hybridized carbons (Fsp3) is 0.167. The molecule has 7 heteroatoms. The molecule has 0 fully saturated rings. The quantitative estimate of drug-likeness (QED) is 0.367. The third kappa shape index (κ3) is 4.78. The van der Waals surface area contributed by atoms with Crippen molar-refractivity contribution in [2.45, 2.75) is 19.4 Å². The highest BCUT2D eigenvalue weighted by Gasteiger charge is 2.15. The molecule has 1 heterocycles. The molecule has 31 heavy (non-hydrogen) atoms. The molecule has 3 aromatic carbocycles. The molecule has 1 unspecified atom stereocenters. The number of fused-ring (bicyclic) bond motifs is 1. The third-order valence-corrected chi connectivity index (χ3v) is 5.08. The average Bonchev–Trinajstić information content (AvgIpc) is 3.14. The number of ether oxygens (including phenoxy) is 1. The van der Waals surface area contributed by atoms with Gasteiger partial charge in [0.1, 0.15) is 11.8 Å². The fourth-order valence-electron chi connectivity index (χ4n) is 3.50. The molecule has 0 spiro atoms. The van der Waals surface area contributed by atoms with Crippen molar-refractivity contribution in [2.24, 2.45) is 0 Å². The van der Waals surface area contributed by atoms with Gasteiger partial charge in [0.2, 0.25) is 5.91 Å². The molecule has 4 aromatic rings. The van der Waals surface area contributed by atoms with E-state index >= 15 is 0 Å². The van der Waals surface area contributed by atoms with E-state index in [2.05, 4.69) is 32.7 Å². The van der Waals surface area contributed by atoms with Gasteiger partial charge in [0.15, 0.2) is 0 Å². The minimum Gasteiger partial charge on any atom is -0.496 e. The smallest absolute Gasteiger partial charge is 0.323 e. The summed E-state index contributed by atoms with van der Waals surface area (Å²) >= 11 is 0. The molecule has 158 valence electrons. The van der Waals surface area contributed by atoms with Gasteiger partial charge in [0.05, 0.1) is 18.1 Å². The summed E-state index contributed by atoms with van der Waals surface area (Å²) in [6, 6.07) is 20.7. The zero-order valence-corrected chi connectivity index (χ0v) is 17.4. The summed E-state index contributed by atoms with van der Waals surface area (Å²) in [6.07, 6.45) is 0.731. The number of hydrogen-bond donors (Lipinski definition) is 4. The Balaban J connectivity index is 1.46. The maximum atomic E-state index is 12.7. The lowest BCUT2D eigenvalue weighted by molar-refractivity contribution is -0.116. The third-order valence-electron chi connectivity index (χ3n) is 5.08. The molecule has 0 aliphatic carbocycles. The molecule has 1 amide bonds. The van der Waals surface area contributed by atoms with Crippen LogP contribution in [0.5, 0.6) is 5.75 Å². The second kappa shape index (κ2) is 8.79. The van der Waals surface area contributed by atoms with E-state index in [9.17, 15) is 9.59 Å². The maximum absolute atomic E-state index is 12.7. The van der Waals surface area contributed by atoms with Gasteiger partial charge in [-0.3, -0.25) is 4.79 Å². The summed E-state index contributed by atoms with van der Waals surface area (Å²) in [5.41, 5.74) is 4.72. The number of methoxy groups -OCH3 is 1. The Hall–Kier alpha value is -4.00. The van der Waals surface area contributed by atoms with Crippen LogP contribution >= 0.6 is 0 Å². The van der Waals surface area contributed by atoms with E-state index in [0.29, 0.717) is 16.7 Å². The molecule has 1 atom stereocenters. The van der Waals surface area contributed by atoms with Crippen molar-refractivity contribution in [1.82, 2.24) is 9.97 Å². The van der Waals surface area contributed by atoms with Gasteiger partial charge < -0.3 is 25.3 Å². The van der Waals surface area contributed by atoms with Crippen molar-refractivity contribution < 1.29 is 9.53 Å². The Labute approximate surface area is 179 Å². The summed E-state index contributed by atoms with van der Waals surface area (Å²) in [4.78, 5) is 29.5. The molecule has 4 rings (SSSR count). The highest BCUT2D eigenvalue weighted by Crippen LogP contribution is 2.26. The molecule has 1 aromatic heterocycles.